The number of fused-ring (bicyclic) bond motifs is 1. The number of nitrogens with zero attached hydrogens (tertiary/aromatic N) is 8. The average Bonchev–Trinajstić information content (AvgIpc) is 3.48. The number of hydrogen-bond donors (Lipinski definition) is 1. The lowest BCUT2D eigenvalue weighted by Crippen LogP contribution is -2.39. The van der Waals surface area contributed by atoms with E-state index in [1.54, 1.807) is 6.20 Å². The molecule has 6 rings (SSSR count). The number of aliphatic hydroxyl groups excluding tert-OH is 1. The van der Waals surface area contributed by atoms with Crippen molar-refractivity contribution in [2.24, 2.45) is 5.92 Å². The third kappa shape index (κ3) is 4.60. The molecule has 1 N–H and O–H groups in total. The van der Waals surface area contributed by atoms with Crippen LogP contribution in [0.1, 0.15) is 37.5 Å². The number of anilines is 3. The van der Waals surface area contributed by atoms with E-state index in [1.165, 1.54) is 12.8 Å². The van der Waals surface area contributed by atoms with Crippen LogP contribution in [-0.2, 0) is 4.74 Å². The molecule has 2 atom stereocenters. The van der Waals surface area contributed by atoms with Crippen LogP contribution in [-0.4, -0.2) is 83.2 Å². The van der Waals surface area contributed by atoms with E-state index in [1.807, 2.05) is 6.07 Å². The van der Waals surface area contributed by atoms with Gasteiger partial charge >= 0.3 is 0 Å². The second kappa shape index (κ2) is 9.87. The number of morpholine rings is 1. The van der Waals surface area contributed by atoms with Crippen LogP contribution >= 0.6 is 0 Å². The second-order valence-electron chi connectivity index (χ2n) is 9.74. The van der Waals surface area contributed by atoms with Gasteiger partial charge in [-0.1, -0.05) is 0 Å². The van der Waals surface area contributed by atoms with Crippen LogP contribution in [0.3, 0.4) is 0 Å². The Bertz CT molecular complexity index is 1170. The minimum atomic E-state index is -0.665. The number of aliphatic hydroxyl groups is 1. The van der Waals surface area contributed by atoms with Gasteiger partial charge in [0.2, 0.25) is 0 Å². The Balaban J connectivity index is 1.21. The van der Waals surface area contributed by atoms with Crippen molar-refractivity contribution in [2.45, 2.75) is 31.8 Å². The van der Waals surface area contributed by atoms with Crippen LogP contribution in [0.25, 0.3) is 10.9 Å². The molecule has 0 amide bonds. The van der Waals surface area contributed by atoms with Crippen LogP contribution in [0.2, 0.25) is 0 Å². The fraction of sp³-hybridized carbons (Fsp3) is 0.560. The van der Waals surface area contributed by atoms with E-state index in [2.05, 4.69) is 58.5 Å². The van der Waals surface area contributed by atoms with Crippen molar-refractivity contribution in [3.8, 4) is 0 Å². The highest BCUT2D eigenvalue weighted by atomic mass is 16.5. The minimum absolute atomic E-state index is 0.0458. The topological polar surface area (TPSA) is 104 Å². The summed E-state index contributed by atoms with van der Waals surface area (Å²) in [6, 6.07) is 8.34. The molecule has 3 saturated heterocycles. The molecule has 3 aliphatic rings. The van der Waals surface area contributed by atoms with Crippen molar-refractivity contribution in [2.75, 3.05) is 67.2 Å². The fourth-order valence-electron chi connectivity index (χ4n) is 5.58. The van der Waals surface area contributed by atoms with Gasteiger partial charge in [0.25, 0.3) is 0 Å². The van der Waals surface area contributed by atoms with Gasteiger partial charge in [-0.3, -0.25) is 0 Å². The Morgan fingerprint density at radius 3 is 2.51 bits per heavy atom. The smallest absolute Gasteiger partial charge is 0.162 e. The molecule has 3 aliphatic heterocycles. The normalized spacial score (nSPS) is 22.1. The zero-order valence-corrected chi connectivity index (χ0v) is 20.0. The summed E-state index contributed by atoms with van der Waals surface area (Å²) in [7, 11) is 0. The van der Waals surface area contributed by atoms with E-state index in [0.717, 1.165) is 86.9 Å². The lowest BCUT2D eigenvalue weighted by Gasteiger charge is -2.35. The van der Waals surface area contributed by atoms with Gasteiger partial charge in [-0.05, 0) is 55.2 Å². The van der Waals surface area contributed by atoms with Crippen molar-refractivity contribution < 1.29 is 9.84 Å². The van der Waals surface area contributed by atoms with Gasteiger partial charge in [0, 0.05) is 56.3 Å². The third-order valence-electron chi connectivity index (χ3n) is 7.53. The first-order valence-electron chi connectivity index (χ1n) is 12.7. The monoisotopic (exact) mass is 476 g/mol. The highest BCUT2D eigenvalue weighted by Crippen LogP contribution is 2.34. The maximum atomic E-state index is 11.3. The quantitative estimate of drug-likeness (QED) is 0.589. The molecule has 1 aromatic carbocycles. The van der Waals surface area contributed by atoms with Crippen LogP contribution in [0.15, 0.2) is 30.5 Å². The van der Waals surface area contributed by atoms with E-state index < -0.39 is 6.10 Å². The number of benzene rings is 1. The maximum absolute atomic E-state index is 11.3. The molecule has 0 bridgehead atoms. The van der Waals surface area contributed by atoms with Gasteiger partial charge in [-0.15, -0.1) is 10.2 Å². The molecule has 0 saturated carbocycles. The Hall–Kier alpha value is -3.11. The van der Waals surface area contributed by atoms with Gasteiger partial charge < -0.3 is 24.5 Å². The van der Waals surface area contributed by atoms with Crippen molar-refractivity contribution in [1.29, 1.82) is 0 Å². The van der Waals surface area contributed by atoms with Gasteiger partial charge in [0.05, 0.1) is 30.8 Å². The zero-order chi connectivity index (χ0) is 23.6. The lowest BCUT2D eigenvalue weighted by atomic mass is 9.90. The molecule has 3 fully saturated rings. The summed E-state index contributed by atoms with van der Waals surface area (Å²) in [6.07, 6.45) is 5.45. The Morgan fingerprint density at radius 1 is 0.857 bits per heavy atom. The maximum Gasteiger partial charge on any atom is 0.162 e. The Kier molecular flexibility index (Phi) is 6.30. The highest BCUT2D eigenvalue weighted by molar-refractivity contribution is 5.91. The van der Waals surface area contributed by atoms with Crippen LogP contribution in [0.4, 0.5) is 17.2 Å². The van der Waals surface area contributed by atoms with E-state index in [4.69, 9.17) is 4.74 Å². The average molecular weight is 477 g/mol. The standard InChI is InChI=1S/C25H32N8O2/c34-24(23-15-20(16-26-27-23)31-7-1-2-8-31)18-4-3-9-33(17-18)25-21-6-5-19(14-22(21)28-30-29-25)32-10-12-35-13-11-32/h5-6,14-16,18,24,34H,1-4,7-13,17H2. The van der Waals surface area contributed by atoms with Crippen molar-refractivity contribution in [3.05, 3.63) is 36.2 Å². The fourth-order valence-corrected chi connectivity index (χ4v) is 5.58. The molecule has 0 spiro atoms. The van der Waals surface area contributed by atoms with Gasteiger partial charge in [-0.2, -0.15) is 10.2 Å². The number of ether oxygens (including phenoxy) is 1. The van der Waals surface area contributed by atoms with E-state index in [-0.39, 0.29) is 5.92 Å². The molecule has 5 heterocycles. The van der Waals surface area contributed by atoms with Gasteiger partial charge in [-0.25, -0.2) is 0 Å². The summed E-state index contributed by atoms with van der Waals surface area (Å²) in [4.78, 5) is 6.87. The molecule has 2 aromatic heterocycles. The first-order valence-corrected chi connectivity index (χ1v) is 12.7. The highest BCUT2D eigenvalue weighted by Gasteiger charge is 2.30. The first kappa shape index (κ1) is 22.4. The SMILES string of the molecule is OC(c1cc(N2CCCC2)cnn1)C1CCCN(c2nnnc3cc(N4CCOCC4)ccc23)C1. The van der Waals surface area contributed by atoms with Crippen molar-refractivity contribution in [1.82, 2.24) is 25.6 Å². The number of rotatable bonds is 5. The second-order valence-corrected chi connectivity index (χ2v) is 9.74. The summed E-state index contributed by atoms with van der Waals surface area (Å²) in [6.45, 7) is 6.90. The molecular formula is C25H32N8O2. The molecule has 0 radical (unpaired) electrons. The van der Waals surface area contributed by atoms with Crippen LogP contribution in [0.5, 0.6) is 0 Å². The van der Waals surface area contributed by atoms with E-state index in [0.29, 0.717) is 12.2 Å². The van der Waals surface area contributed by atoms with Crippen LogP contribution in [0, 0.1) is 5.92 Å². The molecular weight excluding hydrogens is 444 g/mol. The molecule has 0 aliphatic carbocycles. The van der Waals surface area contributed by atoms with E-state index >= 15 is 0 Å². The number of hydrogen-bond acceptors (Lipinski definition) is 10. The molecule has 3 aromatic rings. The predicted octanol–water partition coefficient (Wildman–Crippen LogP) is 2.20. The molecule has 184 valence electrons. The summed E-state index contributed by atoms with van der Waals surface area (Å²) in [5.74, 6) is 0.877. The summed E-state index contributed by atoms with van der Waals surface area (Å²) >= 11 is 0. The molecule has 10 heteroatoms. The van der Waals surface area contributed by atoms with Gasteiger partial charge in [0.15, 0.2) is 5.82 Å². The molecule has 2 unspecified atom stereocenters. The van der Waals surface area contributed by atoms with Crippen molar-refractivity contribution >= 4 is 28.1 Å². The zero-order valence-electron chi connectivity index (χ0n) is 20.0. The Morgan fingerprint density at radius 2 is 1.66 bits per heavy atom. The summed E-state index contributed by atoms with van der Waals surface area (Å²) in [5.41, 5.74) is 3.69. The third-order valence-corrected chi connectivity index (χ3v) is 7.53. The molecule has 35 heavy (non-hydrogen) atoms. The predicted molar refractivity (Wildman–Crippen MR) is 134 cm³/mol. The minimum Gasteiger partial charge on any atom is -0.386 e. The molecule has 10 nitrogen and oxygen atoms in total. The van der Waals surface area contributed by atoms with Gasteiger partial charge in [0.1, 0.15) is 11.6 Å². The van der Waals surface area contributed by atoms with Crippen LogP contribution < -0.4 is 14.7 Å². The summed E-state index contributed by atoms with van der Waals surface area (Å²) < 4.78 is 5.48. The number of aromatic nitrogens is 5. The van der Waals surface area contributed by atoms with Crippen molar-refractivity contribution in [3.63, 3.8) is 0 Å². The Labute approximate surface area is 204 Å². The first-order chi connectivity index (χ1) is 17.3. The summed E-state index contributed by atoms with van der Waals surface area (Å²) in [5, 5.41) is 33.6. The lowest BCUT2D eigenvalue weighted by molar-refractivity contribution is 0.0932. The largest absolute Gasteiger partial charge is 0.386 e. The van der Waals surface area contributed by atoms with E-state index in [9.17, 15) is 5.11 Å². The number of piperidine rings is 1.